The van der Waals surface area contributed by atoms with Crippen LogP contribution in [0.3, 0.4) is 0 Å². The van der Waals surface area contributed by atoms with E-state index < -0.39 is 5.91 Å². The maximum Gasteiger partial charge on any atom is 0.248 e. The number of carbonyl (C=O) groups excluding carboxylic acids is 1. The summed E-state index contributed by atoms with van der Waals surface area (Å²) in [6.45, 7) is 0. The van der Waals surface area contributed by atoms with Gasteiger partial charge in [0.05, 0.1) is 23.7 Å². The van der Waals surface area contributed by atoms with Gasteiger partial charge < -0.3 is 20.6 Å². The molecule has 0 atom stereocenters. The third kappa shape index (κ3) is 2.95. The summed E-state index contributed by atoms with van der Waals surface area (Å²) in [7, 11) is 1.56. The summed E-state index contributed by atoms with van der Waals surface area (Å²) in [4.78, 5) is 23.2. The zero-order valence-electron chi connectivity index (χ0n) is 14.4. The summed E-state index contributed by atoms with van der Waals surface area (Å²) >= 11 is 0. The molecule has 0 saturated carbocycles. The molecule has 0 aliphatic rings. The number of phenolic OH excluding ortho intramolecular Hbond substituents is 1. The molecule has 7 nitrogen and oxygen atoms in total. The van der Waals surface area contributed by atoms with E-state index in [1.54, 1.807) is 43.6 Å². The van der Waals surface area contributed by atoms with Crippen LogP contribution in [0.1, 0.15) is 10.4 Å². The van der Waals surface area contributed by atoms with E-state index in [1.165, 1.54) is 0 Å². The molecule has 0 unspecified atom stereocenters. The Bertz CT molecular complexity index is 1170. The normalized spacial score (nSPS) is 10.9. The van der Waals surface area contributed by atoms with Gasteiger partial charge in [-0.25, -0.2) is 9.97 Å². The quantitative estimate of drug-likeness (QED) is 0.517. The van der Waals surface area contributed by atoms with Crippen molar-refractivity contribution in [3.05, 3.63) is 60.3 Å². The van der Waals surface area contributed by atoms with Gasteiger partial charge in [0, 0.05) is 17.3 Å². The van der Waals surface area contributed by atoms with Crippen LogP contribution in [-0.4, -0.2) is 33.1 Å². The van der Waals surface area contributed by atoms with E-state index in [2.05, 4.69) is 15.0 Å². The predicted octanol–water partition coefficient (Wildman–Crippen LogP) is 3.11. The van der Waals surface area contributed by atoms with Crippen LogP contribution in [0.2, 0.25) is 0 Å². The molecule has 0 aliphatic heterocycles. The number of hydrogen-bond donors (Lipinski definition) is 3. The average molecular weight is 360 g/mol. The van der Waals surface area contributed by atoms with Gasteiger partial charge >= 0.3 is 0 Å². The lowest BCUT2D eigenvalue weighted by atomic mass is 10.0. The third-order valence-electron chi connectivity index (χ3n) is 4.29. The number of H-pyrrole nitrogens is 1. The third-order valence-corrected chi connectivity index (χ3v) is 4.29. The first-order chi connectivity index (χ1) is 13.1. The second-order valence-electron chi connectivity index (χ2n) is 5.97. The van der Waals surface area contributed by atoms with E-state index in [9.17, 15) is 9.90 Å². The molecule has 1 amide bonds. The van der Waals surface area contributed by atoms with Crippen LogP contribution in [0, 0.1) is 0 Å². The molecule has 7 heteroatoms. The number of aromatic hydroxyl groups is 1. The van der Waals surface area contributed by atoms with Crippen LogP contribution in [0.25, 0.3) is 33.5 Å². The number of amides is 1. The number of ether oxygens (including phenoxy) is 1. The highest BCUT2D eigenvalue weighted by Crippen LogP contribution is 2.35. The van der Waals surface area contributed by atoms with Gasteiger partial charge in [-0.3, -0.25) is 4.79 Å². The summed E-state index contributed by atoms with van der Waals surface area (Å²) in [5, 5.41) is 10.3. The average Bonchev–Trinajstić information content (AvgIpc) is 3.11. The molecule has 134 valence electrons. The molecule has 0 radical (unpaired) electrons. The van der Waals surface area contributed by atoms with E-state index in [0.29, 0.717) is 28.3 Å². The molecular formula is C20H16N4O3. The Kier molecular flexibility index (Phi) is 3.97. The predicted molar refractivity (Wildman–Crippen MR) is 101 cm³/mol. The summed E-state index contributed by atoms with van der Waals surface area (Å²) in [6, 6.07) is 13.9. The van der Waals surface area contributed by atoms with Gasteiger partial charge in [0.2, 0.25) is 11.8 Å². The van der Waals surface area contributed by atoms with Crippen molar-refractivity contribution in [3.63, 3.8) is 0 Å². The minimum absolute atomic E-state index is 0.0794. The fourth-order valence-corrected chi connectivity index (χ4v) is 2.95. The number of phenols is 1. The van der Waals surface area contributed by atoms with Crippen molar-refractivity contribution >= 4 is 16.9 Å². The minimum Gasteiger partial charge on any atom is -0.507 e. The van der Waals surface area contributed by atoms with E-state index in [-0.39, 0.29) is 5.75 Å². The summed E-state index contributed by atoms with van der Waals surface area (Å²) in [6.07, 6.45) is 1.65. The van der Waals surface area contributed by atoms with Crippen LogP contribution in [0.5, 0.6) is 11.6 Å². The first-order valence-corrected chi connectivity index (χ1v) is 8.19. The highest BCUT2D eigenvalue weighted by atomic mass is 16.5. The monoisotopic (exact) mass is 360 g/mol. The molecule has 2 aromatic carbocycles. The molecule has 0 fully saturated rings. The van der Waals surface area contributed by atoms with E-state index in [4.69, 9.17) is 10.5 Å². The number of benzene rings is 2. The molecule has 0 aliphatic carbocycles. The Morgan fingerprint density at radius 1 is 1.15 bits per heavy atom. The topological polar surface area (TPSA) is 114 Å². The van der Waals surface area contributed by atoms with Crippen molar-refractivity contribution in [3.8, 4) is 34.1 Å². The van der Waals surface area contributed by atoms with Crippen molar-refractivity contribution in [2.24, 2.45) is 5.73 Å². The van der Waals surface area contributed by atoms with Crippen LogP contribution < -0.4 is 10.5 Å². The van der Waals surface area contributed by atoms with E-state index >= 15 is 0 Å². The Morgan fingerprint density at radius 2 is 2.00 bits per heavy atom. The van der Waals surface area contributed by atoms with Gasteiger partial charge in [0.1, 0.15) is 11.6 Å². The molecule has 4 rings (SSSR count). The second-order valence-corrected chi connectivity index (χ2v) is 5.97. The van der Waals surface area contributed by atoms with Gasteiger partial charge in [0.25, 0.3) is 0 Å². The molecule has 0 spiro atoms. The number of primary amides is 1. The number of nitrogens with one attached hydrogen (secondary N) is 1. The van der Waals surface area contributed by atoms with Gasteiger partial charge in [-0.05, 0) is 48.0 Å². The number of carbonyl (C=O) groups is 1. The van der Waals surface area contributed by atoms with Crippen LogP contribution in [0.15, 0.2) is 54.7 Å². The van der Waals surface area contributed by atoms with Gasteiger partial charge in [-0.1, -0.05) is 6.07 Å². The first kappa shape index (κ1) is 16.6. The molecule has 27 heavy (non-hydrogen) atoms. The van der Waals surface area contributed by atoms with E-state index in [0.717, 1.165) is 16.6 Å². The molecule has 0 bridgehead atoms. The Labute approximate surface area is 154 Å². The number of nitrogens with two attached hydrogens (primary N) is 1. The van der Waals surface area contributed by atoms with Crippen molar-refractivity contribution in [1.29, 1.82) is 0 Å². The Balaban J connectivity index is 1.84. The SMILES string of the molecule is COc1ncccc1-c1ccc(O)c(-c2nc3cc(C(N)=O)ccc3[nH]2)c1. The number of methoxy groups -OCH3 is 1. The van der Waals surface area contributed by atoms with Crippen LogP contribution in [-0.2, 0) is 0 Å². The lowest BCUT2D eigenvalue weighted by molar-refractivity contribution is 0.100. The Morgan fingerprint density at radius 3 is 2.78 bits per heavy atom. The van der Waals surface area contributed by atoms with Crippen molar-refractivity contribution < 1.29 is 14.6 Å². The maximum atomic E-state index is 11.4. The largest absolute Gasteiger partial charge is 0.507 e. The summed E-state index contributed by atoms with van der Waals surface area (Å²) in [5.74, 6) is 0.532. The molecule has 2 aromatic heterocycles. The molecular weight excluding hydrogens is 344 g/mol. The fourth-order valence-electron chi connectivity index (χ4n) is 2.95. The standard InChI is InChI=1S/C20H16N4O3/c1-27-20-13(3-2-8-22-20)11-5-7-17(25)14(9-11)19-23-15-6-4-12(18(21)26)10-16(15)24-19/h2-10,25H,1H3,(H2,21,26)(H,23,24). The van der Waals surface area contributed by atoms with Gasteiger partial charge in [-0.15, -0.1) is 0 Å². The zero-order valence-corrected chi connectivity index (χ0v) is 14.4. The van der Waals surface area contributed by atoms with Crippen molar-refractivity contribution in [1.82, 2.24) is 15.0 Å². The number of pyridine rings is 1. The molecule has 4 aromatic rings. The molecule has 2 heterocycles. The lowest BCUT2D eigenvalue weighted by Gasteiger charge is -2.09. The second kappa shape index (κ2) is 6.45. The van der Waals surface area contributed by atoms with Crippen LogP contribution >= 0.6 is 0 Å². The number of imidazole rings is 1. The zero-order chi connectivity index (χ0) is 19.0. The lowest BCUT2D eigenvalue weighted by Crippen LogP contribution is -2.10. The number of rotatable bonds is 4. The van der Waals surface area contributed by atoms with Crippen LogP contribution in [0.4, 0.5) is 0 Å². The van der Waals surface area contributed by atoms with Gasteiger partial charge in [-0.2, -0.15) is 0 Å². The minimum atomic E-state index is -0.519. The van der Waals surface area contributed by atoms with Crippen molar-refractivity contribution in [2.45, 2.75) is 0 Å². The number of aromatic amines is 1. The number of aromatic nitrogens is 3. The maximum absolute atomic E-state index is 11.4. The number of nitrogens with zero attached hydrogens (tertiary/aromatic N) is 2. The fraction of sp³-hybridized carbons (Fsp3) is 0.0500. The summed E-state index contributed by atoms with van der Waals surface area (Å²) < 4.78 is 5.32. The smallest absolute Gasteiger partial charge is 0.248 e. The van der Waals surface area contributed by atoms with Gasteiger partial charge in [0.15, 0.2) is 0 Å². The van der Waals surface area contributed by atoms with Crippen molar-refractivity contribution in [2.75, 3.05) is 7.11 Å². The number of hydrogen-bond acceptors (Lipinski definition) is 5. The molecule has 4 N–H and O–H groups in total. The number of fused-ring (bicyclic) bond motifs is 1. The highest BCUT2D eigenvalue weighted by Gasteiger charge is 2.14. The first-order valence-electron chi connectivity index (χ1n) is 8.19. The Hall–Kier alpha value is -3.87. The van der Waals surface area contributed by atoms with E-state index in [1.807, 2.05) is 18.2 Å². The molecule has 0 saturated heterocycles. The highest BCUT2D eigenvalue weighted by molar-refractivity contribution is 5.96. The summed E-state index contributed by atoms with van der Waals surface area (Å²) in [5.41, 5.74) is 9.17.